The minimum atomic E-state index is -1.12. The number of anilines is 1. The van der Waals surface area contributed by atoms with Gasteiger partial charge in [0.25, 0.3) is 0 Å². The smallest absolute Gasteiger partial charge is 0.374 e. The van der Waals surface area contributed by atoms with Crippen LogP contribution in [0, 0.1) is 5.92 Å². The molecule has 0 unspecified atom stereocenters. The number of benzene rings is 1. The fraction of sp³-hybridized carbons (Fsp3) is 0.435. The van der Waals surface area contributed by atoms with E-state index in [-0.39, 0.29) is 17.9 Å². The first-order valence-corrected chi connectivity index (χ1v) is 11.8. The molecule has 0 radical (unpaired) electrons. The predicted octanol–water partition coefficient (Wildman–Crippen LogP) is 5.40. The molecule has 3 aromatic rings. The number of hydrogen-bond donors (Lipinski definition) is 1. The summed E-state index contributed by atoms with van der Waals surface area (Å²) < 4.78 is 17.1. The molecule has 3 fully saturated rings. The van der Waals surface area contributed by atoms with Crippen LogP contribution in [-0.2, 0) is 11.3 Å². The van der Waals surface area contributed by atoms with E-state index >= 15 is 0 Å². The second-order valence-electron chi connectivity index (χ2n) is 8.99. The number of fused-ring (bicyclic) bond motifs is 2. The molecule has 2 bridgehead atoms. The van der Waals surface area contributed by atoms with E-state index in [1.165, 1.54) is 6.07 Å². The lowest BCUT2D eigenvalue weighted by atomic mass is 10.0. The highest BCUT2D eigenvalue weighted by Crippen LogP contribution is 2.47. The molecule has 10 heteroatoms. The number of carboxylic acids is 1. The summed E-state index contributed by atoms with van der Waals surface area (Å²) in [5.41, 5.74) is 2.25. The van der Waals surface area contributed by atoms with Crippen LogP contribution in [0.15, 0.2) is 33.3 Å². The number of hydrogen-bond acceptors (Lipinski definition) is 7. The van der Waals surface area contributed by atoms with Gasteiger partial charge in [0.05, 0.1) is 22.8 Å². The second-order valence-corrected chi connectivity index (χ2v) is 9.80. The van der Waals surface area contributed by atoms with Crippen molar-refractivity contribution in [2.24, 2.45) is 5.92 Å². The zero-order chi connectivity index (χ0) is 22.7. The number of ether oxygens (including phenoxy) is 1. The molecule has 2 saturated carbocycles. The first kappa shape index (κ1) is 21.0. The normalized spacial score (nSPS) is 24.1. The molecule has 33 heavy (non-hydrogen) atoms. The summed E-state index contributed by atoms with van der Waals surface area (Å²) in [5.74, 6) is 0.882. The Balaban J connectivity index is 1.19. The molecule has 3 atom stereocenters. The van der Waals surface area contributed by atoms with Crippen molar-refractivity contribution in [2.75, 3.05) is 11.4 Å². The highest BCUT2D eigenvalue weighted by atomic mass is 35.5. The number of halogens is 2. The highest BCUT2D eigenvalue weighted by Gasteiger charge is 2.46. The maximum absolute atomic E-state index is 11.1. The molecule has 2 aromatic heterocycles. The van der Waals surface area contributed by atoms with Crippen LogP contribution in [0.5, 0.6) is 0 Å². The standard InChI is InChI=1S/C23H21Cl2N3O5/c24-15-2-1-3-16(25)20(15)21-14(22(33-27-21)11-4-5-11)10-31-17-7-13-6-12(17)9-28(13)19-8-18(23(29)30)32-26-19/h1-3,8,11-13,17H,4-7,9-10H2,(H,29,30)/t12-,13-,17+/m0/s1. The van der Waals surface area contributed by atoms with Crippen molar-refractivity contribution >= 4 is 35.0 Å². The van der Waals surface area contributed by atoms with Gasteiger partial charge in [-0.25, -0.2) is 4.79 Å². The lowest BCUT2D eigenvalue weighted by Crippen LogP contribution is -2.38. The Labute approximate surface area is 199 Å². The zero-order valence-corrected chi connectivity index (χ0v) is 19.1. The van der Waals surface area contributed by atoms with Crippen LogP contribution < -0.4 is 4.90 Å². The van der Waals surface area contributed by atoms with Crippen molar-refractivity contribution in [2.45, 2.75) is 50.4 Å². The molecule has 1 N–H and O–H groups in total. The summed E-state index contributed by atoms with van der Waals surface area (Å²) in [5, 5.41) is 18.4. The van der Waals surface area contributed by atoms with Crippen molar-refractivity contribution in [1.82, 2.24) is 10.3 Å². The van der Waals surface area contributed by atoms with Crippen molar-refractivity contribution < 1.29 is 23.7 Å². The molecular formula is C23H21Cl2N3O5. The third-order valence-corrected chi connectivity index (χ3v) is 7.52. The van der Waals surface area contributed by atoms with E-state index in [9.17, 15) is 4.79 Å². The van der Waals surface area contributed by atoms with Crippen LogP contribution in [0.4, 0.5) is 5.82 Å². The molecule has 3 aliphatic rings. The minimum Gasteiger partial charge on any atom is -0.475 e. The van der Waals surface area contributed by atoms with Crippen molar-refractivity contribution in [3.63, 3.8) is 0 Å². The fourth-order valence-electron chi connectivity index (χ4n) is 5.13. The van der Waals surface area contributed by atoms with Crippen LogP contribution in [0.2, 0.25) is 10.0 Å². The lowest BCUT2D eigenvalue weighted by Gasteiger charge is -2.31. The maximum Gasteiger partial charge on any atom is 0.374 e. The van der Waals surface area contributed by atoms with E-state index in [1.807, 2.05) is 6.07 Å². The molecule has 8 nitrogen and oxygen atoms in total. The summed E-state index contributed by atoms with van der Waals surface area (Å²) in [4.78, 5) is 13.2. The van der Waals surface area contributed by atoms with E-state index in [0.29, 0.717) is 45.6 Å². The Morgan fingerprint density at radius 2 is 1.97 bits per heavy atom. The van der Waals surface area contributed by atoms with Gasteiger partial charge in [0.15, 0.2) is 5.82 Å². The summed E-state index contributed by atoms with van der Waals surface area (Å²) in [6.45, 7) is 1.14. The monoisotopic (exact) mass is 489 g/mol. The molecule has 2 aliphatic carbocycles. The average Bonchev–Trinajstić information content (AvgIpc) is 3.15. The van der Waals surface area contributed by atoms with Gasteiger partial charge in [-0.15, -0.1) is 0 Å². The van der Waals surface area contributed by atoms with E-state index in [4.69, 9.17) is 42.1 Å². The van der Waals surface area contributed by atoms with Crippen LogP contribution in [0.3, 0.4) is 0 Å². The average molecular weight is 490 g/mol. The molecule has 172 valence electrons. The first-order chi connectivity index (χ1) is 16.0. The summed E-state index contributed by atoms with van der Waals surface area (Å²) >= 11 is 12.9. The molecule has 3 heterocycles. The van der Waals surface area contributed by atoms with Gasteiger partial charge in [-0.3, -0.25) is 0 Å². The van der Waals surface area contributed by atoms with Gasteiger partial charge in [0.1, 0.15) is 11.5 Å². The summed E-state index contributed by atoms with van der Waals surface area (Å²) in [7, 11) is 0. The third kappa shape index (κ3) is 3.70. The lowest BCUT2D eigenvalue weighted by molar-refractivity contribution is 0.0121. The summed E-state index contributed by atoms with van der Waals surface area (Å²) in [6, 6.07) is 7.13. The number of aromatic carboxylic acids is 1. The predicted molar refractivity (Wildman–Crippen MR) is 120 cm³/mol. The third-order valence-electron chi connectivity index (χ3n) is 6.89. The second kappa shape index (κ2) is 8.04. The Bertz CT molecular complexity index is 1200. The molecule has 6 rings (SSSR count). The van der Waals surface area contributed by atoms with E-state index < -0.39 is 5.97 Å². The molecular weight excluding hydrogens is 469 g/mol. The van der Waals surface area contributed by atoms with Crippen LogP contribution >= 0.6 is 23.2 Å². The minimum absolute atomic E-state index is 0.0913. The Kier molecular flexibility index (Phi) is 5.12. The maximum atomic E-state index is 11.1. The highest BCUT2D eigenvalue weighted by molar-refractivity contribution is 6.39. The van der Waals surface area contributed by atoms with Crippen molar-refractivity contribution in [3.05, 3.63) is 51.4 Å². The largest absolute Gasteiger partial charge is 0.475 e. The zero-order valence-electron chi connectivity index (χ0n) is 17.5. The van der Waals surface area contributed by atoms with Gasteiger partial charge < -0.3 is 23.8 Å². The van der Waals surface area contributed by atoms with Gasteiger partial charge in [-0.1, -0.05) is 39.6 Å². The van der Waals surface area contributed by atoms with Gasteiger partial charge in [-0.2, -0.15) is 0 Å². The fourth-order valence-corrected chi connectivity index (χ4v) is 5.71. The number of carboxylic acid groups (broad SMARTS) is 1. The molecule has 1 saturated heterocycles. The Hall–Kier alpha value is -2.55. The SMILES string of the molecule is O=C(O)c1cc(N2C[C@@H]3C[C@H]2C[C@H]3OCc2c(-c3c(Cl)cccc3Cl)noc2C2CC2)no1. The quantitative estimate of drug-likeness (QED) is 0.470. The van der Waals surface area contributed by atoms with Gasteiger partial charge >= 0.3 is 5.97 Å². The van der Waals surface area contributed by atoms with E-state index in [2.05, 4.69) is 15.2 Å². The van der Waals surface area contributed by atoms with Crippen molar-refractivity contribution in [3.8, 4) is 11.3 Å². The van der Waals surface area contributed by atoms with Gasteiger partial charge in [0, 0.05) is 41.6 Å². The van der Waals surface area contributed by atoms with Gasteiger partial charge in [-0.05, 0) is 37.8 Å². The molecule has 1 aliphatic heterocycles. The van der Waals surface area contributed by atoms with Crippen LogP contribution in [0.1, 0.15) is 53.5 Å². The summed E-state index contributed by atoms with van der Waals surface area (Å²) in [6.07, 6.45) is 4.07. The molecule has 0 spiro atoms. The topological polar surface area (TPSA) is 102 Å². The number of nitrogens with zero attached hydrogens (tertiary/aromatic N) is 3. The number of carbonyl (C=O) groups is 1. The van der Waals surface area contributed by atoms with Gasteiger partial charge in [0.2, 0.25) is 5.76 Å². The van der Waals surface area contributed by atoms with Crippen molar-refractivity contribution in [1.29, 1.82) is 0 Å². The number of aromatic nitrogens is 2. The van der Waals surface area contributed by atoms with E-state index in [0.717, 1.165) is 43.6 Å². The molecule has 0 amide bonds. The van der Waals surface area contributed by atoms with Crippen LogP contribution in [-0.4, -0.2) is 40.1 Å². The van der Waals surface area contributed by atoms with E-state index in [1.54, 1.807) is 12.1 Å². The number of rotatable bonds is 7. The Morgan fingerprint density at radius 1 is 1.18 bits per heavy atom. The van der Waals surface area contributed by atoms with Crippen LogP contribution in [0.25, 0.3) is 11.3 Å². The number of piperidine rings is 1. The first-order valence-electron chi connectivity index (χ1n) is 11.0. The Morgan fingerprint density at radius 3 is 2.61 bits per heavy atom. The molecule has 1 aromatic carbocycles.